The lowest BCUT2D eigenvalue weighted by atomic mass is 10.1. The van der Waals surface area contributed by atoms with Crippen molar-refractivity contribution in [3.05, 3.63) is 99.6 Å². The lowest BCUT2D eigenvalue weighted by Crippen LogP contribution is -2.45. The van der Waals surface area contributed by atoms with E-state index in [1.165, 1.54) is 4.57 Å². The van der Waals surface area contributed by atoms with Gasteiger partial charge in [-0.2, -0.15) is 0 Å². The van der Waals surface area contributed by atoms with Gasteiger partial charge in [-0.05, 0) is 30.5 Å². The van der Waals surface area contributed by atoms with Crippen molar-refractivity contribution in [2.24, 2.45) is 0 Å². The Bertz CT molecular complexity index is 1700. The number of hydrogen-bond donors (Lipinski definition) is 1. The number of benzene rings is 2. The highest BCUT2D eigenvalue weighted by molar-refractivity contribution is 7.91. The van der Waals surface area contributed by atoms with E-state index in [0.29, 0.717) is 29.7 Å². The van der Waals surface area contributed by atoms with Gasteiger partial charge in [0.05, 0.1) is 23.2 Å². The molecule has 0 bridgehead atoms. The Morgan fingerprint density at radius 3 is 2.45 bits per heavy atom. The number of nitrogens with one attached hydrogen (secondary N) is 1. The summed E-state index contributed by atoms with van der Waals surface area (Å²) in [5.41, 5.74) is 1.14. The fourth-order valence-corrected chi connectivity index (χ4v) is 6.27. The van der Waals surface area contributed by atoms with Crippen LogP contribution in [0.15, 0.2) is 87.8 Å². The van der Waals surface area contributed by atoms with Gasteiger partial charge in [0.1, 0.15) is 0 Å². The number of sulfone groups is 1. The Balaban J connectivity index is 1.33. The first kappa shape index (κ1) is 25.3. The van der Waals surface area contributed by atoms with Gasteiger partial charge in [-0.15, -0.1) is 0 Å². The maximum absolute atomic E-state index is 13.4. The van der Waals surface area contributed by atoms with Gasteiger partial charge in [-0.25, -0.2) is 13.2 Å². The number of rotatable bonds is 7. The van der Waals surface area contributed by atoms with Crippen molar-refractivity contribution in [3.63, 3.8) is 0 Å². The van der Waals surface area contributed by atoms with E-state index < -0.39 is 21.1 Å². The number of aromatic nitrogens is 4. The Hall–Kier alpha value is -4.38. The van der Waals surface area contributed by atoms with E-state index in [4.69, 9.17) is 0 Å². The molecule has 0 fully saturated rings. The summed E-state index contributed by atoms with van der Waals surface area (Å²) in [5, 5.41) is 2.59. The number of carbonyl (C=O) groups excluding carboxylic acids is 1. The van der Waals surface area contributed by atoms with Gasteiger partial charge in [-0.3, -0.25) is 28.7 Å². The second-order valence-electron chi connectivity index (χ2n) is 8.89. The molecule has 0 unspecified atom stereocenters. The van der Waals surface area contributed by atoms with Crippen molar-refractivity contribution >= 4 is 15.7 Å². The van der Waals surface area contributed by atoms with Crippen molar-refractivity contribution in [3.8, 4) is 22.4 Å². The number of carbonyl (C=O) groups is 1. The van der Waals surface area contributed by atoms with Crippen LogP contribution < -0.4 is 16.6 Å². The summed E-state index contributed by atoms with van der Waals surface area (Å²) >= 11 is 0. The highest BCUT2D eigenvalue weighted by atomic mass is 32.2. The molecule has 1 N–H and O–H groups in total. The largest absolute Gasteiger partial charge is 0.352 e. The zero-order chi connectivity index (χ0) is 26.7. The summed E-state index contributed by atoms with van der Waals surface area (Å²) in [5.74, 6) is -0.400. The average Bonchev–Trinajstić information content (AvgIpc) is 2.94. The highest BCUT2D eigenvalue weighted by Crippen LogP contribution is 2.27. The van der Waals surface area contributed by atoms with E-state index in [2.05, 4.69) is 15.3 Å². The van der Waals surface area contributed by atoms with E-state index in [9.17, 15) is 22.8 Å². The highest BCUT2D eigenvalue weighted by Gasteiger charge is 2.32. The molecule has 0 saturated carbocycles. The Labute approximate surface area is 218 Å². The zero-order valence-corrected chi connectivity index (χ0v) is 21.2. The van der Waals surface area contributed by atoms with Crippen LogP contribution in [0.5, 0.6) is 0 Å². The van der Waals surface area contributed by atoms with Crippen molar-refractivity contribution < 1.29 is 13.2 Å². The minimum atomic E-state index is -3.79. The van der Waals surface area contributed by atoms with Crippen LogP contribution in [0.25, 0.3) is 22.4 Å². The number of nitrogens with zero attached hydrogens (tertiary/aromatic N) is 4. The molecule has 0 radical (unpaired) electrons. The van der Waals surface area contributed by atoms with E-state index in [0.717, 1.165) is 10.1 Å². The van der Waals surface area contributed by atoms with E-state index in [1.807, 2.05) is 0 Å². The van der Waals surface area contributed by atoms with Gasteiger partial charge in [0.15, 0.2) is 14.9 Å². The first-order valence-electron chi connectivity index (χ1n) is 12.2. The molecule has 1 aliphatic rings. The van der Waals surface area contributed by atoms with Crippen LogP contribution in [0.1, 0.15) is 23.2 Å². The first-order chi connectivity index (χ1) is 18.4. The Kier molecular flexibility index (Phi) is 7.01. The van der Waals surface area contributed by atoms with Crippen molar-refractivity contribution in [1.82, 2.24) is 24.4 Å². The van der Waals surface area contributed by atoms with Crippen LogP contribution >= 0.6 is 0 Å². The lowest BCUT2D eigenvalue weighted by molar-refractivity contribution is 0.0952. The minimum absolute atomic E-state index is 0.0112. The van der Waals surface area contributed by atoms with Crippen LogP contribution in [-0.2, 0) is 22.9 Å². The quantitative estimate of drug-likeness (QED) is 0.285. The van der Waals surface area contributed by atoms with Gasteiger partial charge in [0.25, 0.3) is 11.5 Å². The molecule has 1 amide bonds. The van der Waals surface area contributed by atoms with Gasteiger partial charge >= 0.3 is 5.69 Å². The molecule has 11 heteroatoms. The molecule has 1 aliphatic heterocycles. The standard InChI is InChI=1S/C27H25N5O5S/c33-24(21-10-8-19(9-11-21)22-18-28-13-14-29-22)30-12-4-15-31-25(34)23(20-6-2-1-3-7-20)26-32(27(31)35)16-5-17-38(26,36)37/h1-3,6-11,13-14,18H,4-5,12,15-17H2,(H,30,33). The van der Waals surface area contributed by atoms with E-state index in [1.54, 1.807) is 73.2 Å². The topological polar surface area (TPSA) is 133 Å². The maximum Gasteiger partial charge on any atom is 0.332 e. The first-order valence-corrected chi connectivity index (χ1v) is 13.8. The molecular formula is C27H25N5O5S. The molecule has 5 rings (SSSR count). The van der Waals surface area contributed by atoms with Crippen LogP contribution in [0.2, 0.25) is 0 Å². The third-order valence-corrected chi connectivity index (χ3v) is 8.22. The molecular weight excluding hydrogens is 506 g/mol. The van der Waals surface area contributed by atoms with Gasteiger partial charge in [0, 0.05) is 43.2 Å². The molecule has 2 aromatic heterocycles. The predicted molar refractivity (Wildman–Crippen MR) is 141 cm³/mol. The molecule has 4 aromatic rings. The van der Waals surface area contributed by atoms with Crippen molar-refractivity contribution in [1.29, 1.82) is 0 Å². The lowest BCUT2D eigenvalue weighted by Gasteiger charge is -2.23. The van der Waals surface area contributed by atoms with Gasteiger partial charge in [0.2, 0.25) is 0 Å². The number of hydrogen-bond acceptors (Lipinski definition) is 7. The molecule has 0 saturated heterocycles. The third-order valence-electron chi connectivity index (χ3n) is 6.38. The van der Waals surface area contributed by atoms with Crippen LogP contribution in [0.4, 0.5) is 0 Å². The zero-order valence-electron chi connectivity index (χ0n) is 20.4. The van der Waals surface area contributed by atoms with Crippen LogP contribution in [0, 0.1) is 0 Å². The summed E-state index contributed by atoms with van der Waals surface area (Å²) in [6, 6.07) is 15.5. The fourth-order valence-electron chi connectivity index (χ4n) is 4.54. The number of fused-ring (bicyclic) bond motifs is 1. The van der Waals surface area contributed by atoms with E-state index >= 15 is 0 Å². The Morgan fingerprint density at radius 1 is 0.974 bits per heavy atom. The molecule has 0 aliphatic carbocycles. The Morgan fingerprint density at radius 2 is 1.74 bits per heavy atom. The SMILES string of the molecule is O=C(NCCCn1c(=O)c(-c2ccccc2)c2n(c1=O)CCCS2(=O)=O)c1ccc(-c2cnccn2)cc1. The molecule has 0 spiro atoms. The molecule has 38 heavy (non-hydrogen) atoms. The summed E-state index contributed by atoms with van der Waals surface area (Å²) in [7, 11) is -3.79. The predicted octanol–water partition coefficient (Wildman–Crippen LogP) is 2.13. The summed E-state index contributed by atoms with van der Waals surface area (Å²) < 4.78 is 28.0. The summed E-state index contributed by atoms with van der Waals surface area (Å²) in [6.07, 6.45) is 5.42. The smallest absolute Gasteiger partial charge is 0.332 e. The molecule has 2 aromatic carbocycles. The van der Waals surface area contributed by atoms with Crippen LogP contribution in [0.3, 0.4) is 0 Å². The third kappa shape index (κ3) is 4.92. The molecule has 0 atom stereocenters. The van der Waals surface area contributed by atoms with Crippen molar-refractivity contribution in [2.75, 3.05) is 12.3 Å². The normalized spacial score (nSPS) is 14.0. The van der Waals surface area contributed by atoms with Crippen molar-refractivity contribution in [2.45, 2.75) is 31.0 Å². The number of amides is 1. The van der Waals surface area contributed by atoms with E-state index in [-0.39, 0.29) is 41.9 Å². The summed E-state index contributed by atoms with van der Waals surface area (Å²) in [4.78, 5) is 47.5. The summed E-state index contributed by atoms with van der Waals surface area (Å²) in [6.45, 7) is 0.468. The van der Waals surface area contributed by atoms with Crippen LogP contribution in [-0.4, -0.2) is 45.7 Å². The molecule has 10 nitrogen and oxygen atoms in total. The minimum Gasteiger partial charge on any atom is -0.352 e. The monoisotopic (exact) mass is 531 g/mol. The second kappa shape index (κ2) is 10.5. The maximum atomic E-state index is 13.4. The second-order valence-corrected chi connectivity index (χ2v) is 10.9. The van der Waals surface area contributed by atoms with Gasteiger partial charge in [-0.1, -0.05) is 42.5 Å². The fraction of sp³-hybridized carbons (Fsp3) is 0.222. The molecule has 3 heterocycles. The van der Waals surface area contributed by atoms with Gasteiger partial charge < -0.3 is 5.32 Å². The molecule has 194 valence electrons. The average molecular weight is 532 g/mol.